The average Bonchev–Trinajstić information content (AvgIpc) is 3.16. The van der Waals surface area contributed by atoms with Crippen molar-refractivity contribution in [1.29, 1.82) is 0 Å². The fraction of sp³-hybridized carbons (Fsp3) is 0.0833. The van der Waals surface area contributed by atoms with Crippen LogP contribution in [0.2, 0.25) is 0 Å². The van der Waals surface area contributed by atoms with Crippen molar-refractivity contribution in [2.75, 3.05) is 12.4 Å². The van der Waals surface area contributed by atoms with Gasteiger partial charge in [-0.2, -0.15) is 0 Å². The van der Waals surface area contributed by atoms with Crippen LogP contribution in [-0.2, 0) is 4.79 Å². The van der Waals surface area contributed by atoms with Gasteiger partial charge in [-0.05, 0) is 42.3 Å². The molecule has 0 radical (unpaired) electrons. The molecule has 2 aromatic heterocycles. The van der Waals surface area contributed by atoms with Gasteiger partial charge in [-0.25, -0.2) is 4.98 Å². The van der Waals surface area contributed by atoms with E-state index in [0.29, 0.717) is 11.4 Å². The highest BCUT2D eigenvalue weighted by molar-refractivity contribution is 6.00. The van der Waals surface area contributed by atoms with Crippen molar-refractivity contribution in [2.24, 2.45) is 0 Å². The molecular weight excluding hydrogens is 362 g/mol. The summed E-state index contributed by atoms with van der Waals surface area (Å²) in [5.74, 6) is 0.375. The van der Waals surface area contributed by atoms with Gasteiger partial charge < -0.3 is 15.0 Å². The summed E-state index contributed by atoms with van der Waals surface area (Å²) in [4.78, 5) is 19.5. The van der Waals surface area contributed by atoms with E-state index in [9.17, 15) is 4.79 Å². The minimum Gasteiger partial charge on any atom is -0.497 e. The Labute approximate surface area is 169 Å². The lowest BCUT2D eigenvalue weighted by molar-refractivity contribution is -0.111. The molecular formula is C24H21N3O2. The van der Waals surface area contributed by atoms with Gasteiger partial charge in [0.25, 0.3) is 0 Å². The number of hydrogen-bond acceptors (Lipinski definition) is 3. The molecule has 0 bridgehead atoms. The summed E-state index contributed by atoms with van der Waals surface area (Å²) in [6, 6.07) is 16.1. The van der Waals surface area contributed by atoms with Crippen LogP contribution in [0.4, 0.5) is 5.69 Å². The highest BCUT2D eigenvalue weighted by Crippen LogP contribution is 2.33. The number of nitrogens with zero attached hydrogens (tertiary/aromatic N) is 1. The maximum Gasteiger partial charge on any atom is 0.247 e. The van der Waals surface area contributed by atoms with Gasteiger partial charge in [0.1, 0.15) is 11.4 Å². The Balaban J connectivity index is 1.82. The molecule has 1 amide bonds. The Morgan fingerprint density at radius 3 is 2.76 bits per heavy atom. The van der Waals surface area contributed by atoms with Crippen LogP contribution in [0.3, 0.4) is 0 Å². The number of pyridine rings is 1. The normalized spacial score (nSPS) is 10.7. The van der Waals surface area contributed by atoms with E-state index in [2.05, 4.69) is 59.1 Å². The summed E-state index contributed by atoms with van der Waals surface area (Å²) < 4.78 is 5.41. The highest BCUT2D eigenvalue weighted by Gasteiger charge is 2.11. The number of aromatic amines is 1. The number of aromatic nitrogens is 2. The number of H-pyrrole nitrogens is 1. The fourth-order valence-electron chi connectivity index (χ4n) is 3.36. The molecule has 2 N–H and O–H groups in total. The first-order valence-electron chi connectivity index (χ1n) is 9.24. The second-order valence-corrected chi connectivity index (χ2v) is 6.84. The first kappa shape index (κ1) is 18.5. The summed E-state index contributed by atoms with van der Waals surface area (Å²) in [6.07, 6.45) is 5.03. The van der Waals surface area contributed by atoms with E-state index in [1.165, 1.54) is 11.6 Å². The number of anilines is 1. The van der Waals surface area contributed by atoms with Gasteiger partial charge in [0, 0.05) is 40.7 Å². The zero-order valence-electron chi connectivity index (χ0n) is 16.3. The van der Waals surface area contributed by atoms with Crippen LogP contribution in [0.15, 0.2) is 73.6 Å². The van der Waals surface area contributed by atoms with Gasteiger partial charge in [-0.1, -0.05) is 36.4 Å². The Bertz CT molecular complexity index is 1220. The van der Waals surface area contributed by atoms with Crippen LogP contribution in [0.1, 0.15) is 5.56 Å². The average molecular weight is 383 g/mol. The predicted molar refractivity (Wildman–Crippen MR) is 117 cm³/mol. The van der Waals surface area contributed by atoms with Crippen molar-refractivity contribution < 1.29 is 9.53 Å². The lowest BCUT2D eigenvalue weighted by Crippen LogP contribution is -2.07. The molecule has 0 unspecified atom stereocenters. The third-order valence-corrected chi connectivity index (χ3v) is 4.79. The van der Waals surface area contributed by atoms with Crippen LogP contribution >= 0.6 is 0 Å². The van der Waals surface area contributed by atoms with Crippen LogP contribution in [0.25, 0.3) is 33.3 Å². The summed E-state index contributed by atoms with van der Waals surface area (Å²) in [5.41, 5.74) is 6.73. The Kier molecular flexibility index (Phi) is 4.87. The maximum absolute atomic E-state index is 11.7. The first-order chi connectivity index (χ1) is 14.1. The number of benzene rings is 2. The second kappa shape index (κ2) is 7.64. The van der Waals surface area contributed by atoms with E-state index in [0.717, 1.165) is 33.3 Å². The van der Waals surface area contributed by atoms with Crippen molar-refractivity contribution in [1.82, 2.24) is 9.97 Å². The Hall–Kier alpha value is -3.86. The van der Waals surface area contributed by atoms with Gasteiger partial charge in [0.05, 0.1) is 7.11 Å². The zero-order valence-corrected chi connectivity index (χ0v) is 16.3. The zero-order chi connectivity index (χ0) is 20.4. The molecule has 4 aromatic rings. The molecule has 2 heterocycles. The van der Waals surface area contributed by atoms with E-state index in [1.54, 1.807) is 13.2 Å². The number of nitrogens with one attached hydrogen (secondary N) is 2. The standard InChI is InChI=1S/C24H21N3O2/c1-4-23(28)27-19-9-17(10-20(12-19)29-3)18-11-21-22(14-26-24(21)25-13-18)16-7-5-6-15(2)8-16/h4-14H,1H2,2-3H3,(H,25,26)(H,27,28). The fourth-order valence-corrected chi connectivity index (χ4v) is 3.36. The predicted octanol–water partition coefficient (Wildman–Crippen LogP) is 5.34. The number of methoxy groups -OCH3 is 1. The van der Waals surface area contributed by atoms with E-state index in [4.69, 9.17) is 4.74 Å². The minimum absolute atomic E-state index is 0.273. The van der Waals surface area contributed by atoms with Gasteiger partial charge >= 0.3 is 0 Å². The molecule has 0 saturated heterocycles. The number of carbonyl (C=O) groups is 1. The van der Waals surface area contributed by atoms with E-state index < -0.39 is 0 Å². The second-order valence-electron chi connectivity index (χ2n) is 6.84. The van der Waals surface area contributed by atoms with Crippen molar-refractivity contribution in [3.8, 4) is 28.0 Å². The molecule has 0 fully saturated rings. The number of ether oxygens (including phenoxy) is 1. The highest BCUT2D eigenvalue weighted by atomic mass is 16.5. The summed E-state index contributed by atoms with van der Waals surface area (Å²) in [7, 11) is 1.60. The monoisotopic (exact) mass is 383 g/mol. The summed E-state index contributed by atoms with van der Waals surface area (Å²) >= 11 is 0. The van der Waals surface area contributed by atoms with Crippen molar-refractivity contribution in [3.63, 3.8) is 0 Å². The number of rotatable bonds is 5. The van der Waals surface area contributed by atoms with E-state index in [1.807, 2.05) is 24.5 Å². The summed E-state index contributed by atoms with van der Waals surface area (Å²) in [6.45, 7) is 5.58. The van der Waals surface area contributed by atoms with Gasteiger partial charge in [-0.3, -0.25) is 4.79 Å². The number of aryl methyl sites for hydroxylation is 1. The molecule has 0 spiro atoms. The number of hydrogen-bond donors (Lipinski definition) is 2. The molecule has 29 heavy (non-hydrogen) atoms. The molecule has 0 aliphatic carbocycles. The first-order valence-corrected chi connectivity index (χ1v) is 9.24. The lowest BCUT2D eigenvalue weighted by Gasteiger charge is -2.10. The van der Waals surface area contributed by atoms with Crippen LogP contribution in [0.5, 0.6) is 5.75 Å². The molecule has 0 aliphatic heterocycles. The third-order valence-electron chi connectivity index (χ3n) is 4.79. The molecule has 5 heteroatoms. The molecule has 0 saturated carbocycles. The molecule has 4 rings (SSSR count). The molecule has 0 aliphatic rings. The Morgan fingerprint density at radius 1 is 1.14 bits per heavy atom. The Morgan fingerprint density at radius 2 is 2.00 bits per heavy atom. The van der Waals surface area contributed by atoms with Crippen LogP contribution in [-0.4, -0.2) is 23.0 Å². The molecule has 0 atom stereocenters. The van der Waals surface area contributed by atoms with Gasteiger partial charge in [0.15, 0.2) is 0 Å². The topological polar surface area (TPSA) is 67.0 Å². The quantitative estimate of drug-likeness (QED) is 0.457. The SMILES string of the molecule is C=CC(=O)Nc1cc(OC)cc(-c2cnc3[nH]cc(-c4cccc(C)c4)c3c2)c1. The number of carbonyl (C=O) groups excluding carboxylic acids is 1. The van der Waals surface area contributed by atoms with Crippen LogP contribution in [0, 0.1) is 6.92 Å². The van der Waals surface area contributed by atoms with E-state index >= 15 is 0 Å². The van der Waals surface area contributed by atoms with Crippen LogP contribution < -0.4 is 10.1 Å². The number of amides is 1. The van der Waals surface area contributed by atoms with Crippen molar-refractivity contribution >= 4 is 22.6 Å². The van der Waals surface area contributed by atoms with Gasteiger partial charge in [0.2, 0.25) is 5.91 Å². The van der Waals surface area contributed by atoms with E-state index in [-0.39, 0.29) is 5.91 Å². The largest absolute Gasteiger partial charge is 0.497 e. The molecule has 5 nitrogen and oxygen atoms in total. The third kappa shape index (κ3) is 3.75. The minimum atomic E-state index is -0.273. The maximum atomic E-state index is 11.7. The van der Waals surface area contributed by atoms with Crippen molar-refractivity contribution in [3.05, 3.63) is 79.1 Å². The molecule has 144 valence electrons. The smallest absolute Gasteiger partial charge is 0.247 e. The summed E-state index contributed by atoms with van der Waals surface area (Å²) in [5, 5.41) is 3.82. The van der Waals surface area contributed by atoms with Crippen molar-refractivity contribution in [2.45, 2.75) is 6.92 Å². The molecule has 2 aromatic carbocycles. The van der Waals surface area contributed by atoms with Gasteiger partial charge in [-0.15, -0.1) is 0 Å². The number of fused-ring (bicyclic) bond motifs is 1. The lowest BCUT2D eigenvalue weighted by atomic mass is 10.0.